The predicted octanol–water partition coefficient (Wildman–Crippen LogP) is 2.99. The molecule has 1 aromatic rings. The monoisotopic (exact) mass is 242 g/mol. The Bertz CT molecular complexity index is 408. The lowest BCUT2D eigenvalue weighted by atomic mass is 10.1. The average molecular weight is 242 g/mol. The minimum absolute atomic E-state index is 0.132. The number of ketones is 1. The molecule has 4 heteroatoms. The van der Waals surface area contributed by atoms with Gasteiger partial charge in [-0.25, -0.2) is 8.78 Å². The van der Waals surface area contributed by atoms with Crippen LogP contribution in [0.2, 0.25) is 19.6 Å². The number of benzene rings is 1. The summed E-state index contributed by atoms with van der Waals surface area (Å²) < 4.78 is 24.7. The van der Waals surface area contributed by atoms with Crippen LogP contribution in [-0.4, -0.2) is 20.3 Å². The number of Topliss-reactive ketones (excluding diaryl/α,β-unsaturated/α-hetero) is 1. The van der Waals surface area contributed by atoms with Crippen molar-refractivity contribution in [2.45, 2.75) is 33.0 Å². The van der Waals surface area contributed by atoms with E-state index in [1.54, 1.807) is 6.07 Å². The molecule has 1 nitrogen and oxygen atoms in total. The van der Waals surface area contributed by atoms with Crippen LogP contribution < -0.4 is 5.19 Å². The van der Waals surface area contributed by atoms with Crippen LogP contribution in [0, 0.1) is 6.92 Å². The lowest BCUT2D eigenvalue weighted by molar-refractivity contribution is 0.0679. The van der Waals surface area contributed by atoms with Gasteiger partial charge in [-0.2, -0.15) is 0 Å². The number of halogens is 2. The van der Waals surface area contributed by atoms with Gasteiger partial charge in [-0.15, -0.1) is 0 Å². The molecule has 0 saturated heterocycles. The zero-order valence-electron chi connectivity index (χ0n) is 9.97. The van der Waals surface area contributed by atoms with E-state index >= 15 is 0 Å². The Hall–Kier alpha value is -1.03. The van der Waals surface area contributed by atoms with Crippen LogP contribution in [-0.2, 0) is 0 Å². The number of carbonyl (C=O) groups excluding carboxylic acids is 1. The predicted molar refractivity (Wildman–Crippen MR) is 64.5 cm³/mol. The Morgan fingerprint density at radius 3 is 2.19 bits per heavy atom. The van der Waals surface area contributed by atoms with E-state index in [9.17, 15) is 13.6 Å². The number of aryl methyl sites for hydroxylation is 1. The van der Waals surface area contributed by atoms with E-state index in [0.717, 1.165) is 10.8 Å². The van der Waals surface area contributed by atoms with Gasteiger partial charge in [0.2, 0.25) is 5.78 Å². The van der Waals surface area contributed by atoms with Gasteiger partial charge in [-0.1, -0.05) is 42.5 Å². The first-order valence-electron chi connectivity index (χ1n) is 5.16. The van der Waals surface area contributed by atoms with Crippen molar-refractivity contribution < 1.29 is 13.6 Å². The Morgan fingerprint density at radius 1 is 1.19 bits per heavy atom. The molecule has 1 aromatic carbocycles. The van der Waals surface area contributed by atoms with Crippen molar-refractivity contribution in [1.29, 1.82) is 0 Å². The molecule has 88 valence electrons. The first-order chi connectivity index (χ1) is 7.21. The summed E-state index contributed by atoms with van der Waals surface area (Å²) in [4.78, 5) is 11.2. The minimum atomic E-state index is -2.92. The summed E-state index contributed by atoms with van der Waals surface area (Å²) in [5.41, 5.74) is 0.997. The first-order valence-corrected chi connectivity index (χ1v) is 8.66. The van der Waals surface area contributed by atoms with Crippen LogP contribution in [0.5, 0.6) is 0 Å². The lowest BCUT2D eigenvalue weighted by Gasteiger charge is -2.18. The van der Waals surface area contributed by atoms with Gasteiger partial charge in [-0.05, 0) is 13.0 Å². The van der Waals surface area contributed by atoms with Gasteiger partial charge in [0, 0.05) is 5.56 Å². The van der Waals surface area contributed by atoms with Crippen LogP contribution in [0.15, 0.2) is 18.2 Å². The van der Waals surface area contributed by atoms with Gasteiger partial charge in [0.1, 0.15) is 0 Å². The molecule has 0 radical (unpaired) electrons. The van der Waals surface area contributed by atoms with Crippen LogP contribution in [0.25, 0.3) is 0 Å². The maximum atomic E-state index is 12.3. The van der Waals surface area contributed by atoms with Crippen molar-refractivity contribution in [1.82, 2.24) is 0 Å². The third kappa shape index (κ3) is 2.98. The van der Waals surface area contributed by atoms with Crippen molar-refractivity contribution in [3.8, 4) is 0 Å². The van der Waals surface area contributed by atoms with E-state index in [2.05, 4.69) is 19.6 Å². The van der Waals surface area contributed by atoms with Gasteiger partial charge in [0.15, 0.2) is 0 Å². The smallest absolute Gasteiger partial charge is 0.288 e. The molecule has 0 heterocycles. The fourth-order valence-electron chi connectivity index (χ4n) is 1.48. The van der Waals surface area contributed by atoms with Crippen molar-refractivity contribution >= 4 is 19.0 Å². The van der Waals surface area contributed by atoms with E-state index in [1.165, 1.54) is 6.07 Å². The quantitative estimate of drug-likeness (QED) is 0.588. The van der Waals surface area contributed by atoms with Crippen LogP contribution in [0.3, 0.4) is 0 Å². The maximum absolute atomic E-state index is 12.3. The van der Waals surface area contributed by atoms with Gasteiger partial charge in [-0.3, -0.25) is 4.79 Å². The molecule has 0 aliphatic carbocycles. The maximum Gasteiger partial charge on any atom is 0.300 e. The number of hydrogen-bond donors (Lipinski definition) is 0. The molecule has 0 fully saturated rings. The highest BCUT2D eigenvalue weighted by Gasteiger charge is 2.22. The zero-order valence-corrected chi connectivity index (χ0v) is 11.0. The fourth-order valence-corrected chi connectivity index (χ4v) is 2.73. The minimum Gasteiger partial charge on any atom is -0.288 e. The Labute approximate surface area is 95.5 Å². The molecule has 0 atom stereocenters. The average Bonchev–Trinajstić information content (AvgIpc) is 2.14. The molecule has 0 amide bonds. The zero-order chi connectivity index (χ0) is 12.5. The van der Waals surface area contributed by atoms with Crippen LogP contribution >= 0.6 is 0 Å². The van der Waals surface area contributed by atoms with Gasteiger partial charge >= 0.3 is 6.43 Å². The van der Waals surface area contributed by atoms with E-state index in [-0.39, 0.29) is 5.56 Å². The molecule has 0 unspecified atom stereocenters. The number of carbonyl (C=O) groups is 1. The van der Waals surface area contributed by atoms with E-state index < -0.39 is 20.3 Å². The molecule has 0 aliphatic rings. The molecular formula is C12H16F2OSi. The van der Waals surface area contributed by atoms with E-state index in [4.69, 9.17) is 0 Å². The summed E-state index contributed by atoms with van der Waals surface area (Å²) in [6.45, 7) is 8.20. The Morgan fingerprint density at radius 2 is 1.75 bits per heavy atom. The summed E-state index contributed by atoms with van der Waals surface area (Å²) in [6.07, 6.45) is -2.92. The van der Waals surface area contributed by atoms with Gasteiger partial charge < -0.3 is 0 Å². The number of alkyl halides is 2. The molecular weight excluding hydrogens is 226 g/mol. The largest absolute Gasteiger partial charge is 0.300 e. The molecule has 0 N–H and O–H groups in total. The second-order valence-corrected chi connectivity index (χ2v) is 10.1. The summed E-state index contributed by atoms with van der Waals surface area (Å²) in [5, 5.41) is 1.04. The summed E-state index contributed by atoms with van der Waals surface area (Å²) in [7, 11) is -1.57. The molecule has 0 aliphatic heterocycles. The summed E-state index contributed by atoms with van der Waals surface area (Å²) >= 11 is 0. The van der Waals surface area contributed by atoms with Crippen LogP contribution in [0.4, 0.5) is 8.78 Å². The Kier molecular flexibility index (Phi) is 3.63. The first kappa shape index (κ1) is 13.0. The van der Waals surface area contributed by atoms with E-state index in [0.29, 0.717) is 0 Å². The third-order valence-electron chi connectivity index (χ3n) is 2.43. The second kappa shape index (κ2) is 4.45. The second-order valence-electron chi connectivity index (χ2n) is 5.00. The highest BCUT2D eigenvalue weighted by Crippen LogP contribution is 2.12. The molecule has 1 rings (SSSR count). The SMILES string of the molecule is Cc1cc(C(=O)C(F)F)cc([Si](C)(C)C)c1. The third-order valence-corrected chi connectivity index (χ3v) is 4.45. The highest BCUT2D eigenvalue weighted by molar-refractivity contribution is 6.88. The molecule has 0 aromatic heterocycles. The summed E-state index contributed by atoms with van der Waals surface area (Å²) in [6, 6.07) is 5.13. The lowest BCUT2D eigenvalue weighted by Crippen LogP contribution is -2.38. The van der Waals surface area contributed by atoms with Crippen LogP contribution in [0.1, 0.15) is 15.9 Å². The standard InChI is InChI=1S/C12H16F2OSi/c1-8-5-9(11(15)12(13)14)7-10(6-8)16(2,3)4/h5-7,12H,1-4H3. The van der Waals surface area contributed by atoms with Gasteiger partial charge in [0.05, 0.1) is 8.07 Å². The van der Waals surface area contributed by atoms with Crippen molar-refractivity contribution in [2.75, 3.05) is 0 Å². The van der Waals surface area contributed by atoms with Crippen molar-refractivity contribution in [3.05, 3.63) is 29.3 Å². The van der Waals surface area contributed by atoms with Crippen molar-refractivity contribution in [3.63, 3.8) is 0 Å². The fraction of sp³-hybridized carbons (Fsp3) is 0.417. The molecule has 0 spiro atoms. The normalized spacial score (nSPS) is 11.9. The topological polar surface area (TPSA) is 17.1 Å². The Balaban J connectivity index is 3.24. The molecule has 16 heavy (non-hydrogen) atoms. The summed E-state index contributed by atoms with van der Waals surface area (Å²) in [5.74, 6) is -1.08. The number of rotatable bonds is 3. The van der Waals surface area contributed by atoms with Gasteiger partial charge in [0.25, 0.3) is 0 Å². The molecule has 0 bridgehead atoms. The van der Waals surface area contributed by atoms with E-state index in [1.807, 2.05) is 13.0 Å². The molecule has 0 saturated carbocycles. The van der Waals surface area contributed by atoms with Crippen molar-refractivity contribution in [2.24, 2.45) is 0 Å². The highest BCUT2D eigenvalue weighted by atomic mass is 28.3. The number of hydrogen-bond acceptors (Lipinski definition) is 1.